The third-order valence-corrected chi connectivity index (χ3v) is 0. The summed E-state index contributed by atoms with van der Waals surface area (Å²) in [4.78, 5) is 0. The highest BCUT2D eigenvalue weighted by molar-refractivity contribution is 8.03. The molecule has 0 aromatic rings. The Morgan fingerprint density at radius 1 is 1.50 bits per heavy atom. The summed E-state index contributed by atoms with van der Waals surface area (Å²) in [5, 5.41) is 0. The molecule has 0 aliphatic heterocycles. The number of nitrogens with two attached hydrogens (primary N) is 2. The summed E-state index contributed by atoms with van der Waals surface area (Å²) in [5.74, 6) is 0. The van der Waals surface area contributed by atoms with Gasteiger partial charge in [0, 0.05) is 0 Å². The Labute approximate surface area is 30.7 Å². The fourth-order valence-electron chi connectivity index (χ4n) is 0. The van der Waals surface area contributed by atoms with Crippen molar-refractivity contribution in [3.8, 4) is 0 Å². The molecule has 0 fully saturated rings. The lowest BCUT2D eigenvalue weighted by Gasteiger charge is -1.67. The van der Waals surface area contributed by atoms with Crippen LogP contribution in [0.5, 0.6) is 0 Å². The SMILES string of the molecule is N[P](N)=S. The summed E-state index contributed by atoms with van der Waals surface area (Å²) in [6.45, 7) is -1.04. The number of hydrogen-bond donors (Lipinski definition) is 2. The predicted octanol–water partition coefficient (Wildman–Crippen LogP) is -0.322. The maximum atomic E-state index is 4.77. The standard InChI is InChI=1S/H4N2PS/c1-3(2)4/h(H4,1,2,4). The van der Waals surface area contributed by atoms with Crippen molar-refractivity contribution in [1.29, 1.82) is 0 Å². The van der Waals surface area contributed by atoms with Crippen LogP contribution in [0, 0.1) is 0 Å². The zero-order valence-corrected chi connectivity index (χ0v) is 3.72. The molecular formula is H4N2PS. The van der Waals surface area contributed by atoms with Crippen molar-refractivity contribution in [3.05, 3.63) is 0 Å². The maximum absolute atomic E-state index is 4.77. The molecule has 4 N–H and O–H groups in total. The molecule has 2 nitrogen and oxygen atoms in total. The Morgan fingerprint density at radius 2 is 1.50 bits per heavy atom. The normalized spacial score (nSPS) is 6.50. The van der Waals surface area contributed by atoms with Crippen molar-refractivity contribution in [1.82, 2.24) is 0 Å². The highest BCUT2D eigenvalue weighted by Crippen LogP contribution is 1.83. The molecule has 4 heavy (non-hydrogen) atoms. The summed E-state index contributed by atoms with van der Waals surface area (Å²) < 4.78 is 0. The van der Waals surface area contributed by atoms with Gasteiger partial charge in [-0.25, -0.2) is 0 Å². The molecule has 0 aliphatic carbocycles. The van der Waals surface area contributed by atoms with Crippen LogP contribution in [-0.4, -0.2) is 0 Å². The third-order valence-electron chi connectivity index (χ3n) is 0. The van der Waals surface area contributed by atoms with Crippen LogP contribution in [0.15, 0.2) is 0 Å². The zero-order valence-electron chi connectivity index (χ0n) is 2.01. The van der Waals surface area contributed by atoms with Crippen molar-refractivity contribution >= 4 is 18.8 Å². The molecule has 0 heterocycles. The van der Waals surface area contributed by atoms with E-state index in [-0.39, 0.29) is 0 Å². The van der Waals surface area contributed by atoms with Gasteiger partial charge >= 0.3 is 0 Å². The summed E-state index contributed by atoms with van der Waals surface area (Å²) >= 11 is 4.24. The lowest BCUT2D eigenvalue weighted by atomic mass is 13.9. The first-order valence-electron chi connectivity index (χ1n) is 0.699. The smallest absolute Gasteiger partial charge is 0.0556 e. The van der Waals surface area contributed by atoms with Crippen LogP contribution in [0.3, 0.4) is 0 Å². The first-order valence-corrected chi connectivity index (χ1v) is 3.19. The quantitative estimate of drug-likeness (QED) is 0.405. The average molecular weight is 95.1 g/mol. The highest BCUT2D eigenvalue weighted by atomic mass is 32.4. The highest BCUT2D eigenvalue weighted by Gasteiger charge is 1.51. The van der Waals surface area contributed by atoms with Gasteiger partial charge in [0.2, 0.25) is 0 Å². The molecule has 0 unspecified atom stereocenters. The summed E-state index contributed by atoms with van der Waals surface area (Å²) in [5.41, 5.74) is 9.54. The van der Waals surface area contributed by atoms with E-state index in [0.717, 1.165) is 0 Å². The van der Waals surface area contributed by atoms with Gasteiger partial charge < -0.3 is 0 Å². The third kappa shape index (κ3) is 26.1. The maximum Gasteiger partial charge on any atom is 0.0556 e. The molecule has 0 atom stereocenters. The lowest BCUT2D eigenvalue weighted by Crippen LogP contribution is -1.84. The first-order chi connectivity index (χ1) is 1.73. The molecule has 0 rings (SSSR count). The van der Waals surface area contributed by atoms with Gasteiger partial charge in [-0.1, -0.05) is 0 Å². The van der Waals surface area contributed by atoms with Gasteiger partial charge in [-0.2, -0.15) is 0 Å². The molecule has 0 saturated carbocycles. The lowest BCUT2D eigenvalue weighted by molar-refractivity contribution is 1.86. The molecule has 0 saturated heterocycles. The molecule has 4 heteroatoms. The van der Waals surface area contributed by atoms with E-state index in [1.807, 2.05) is 0 Å². The Balaban J connectivity index is 2.80. The summed E-state index contributed by atoms with van der Waals surface area (Å²) in [6, 6.07) is 0. The van der Waals surface area contributed by atoms with Crippen LogP contribution in [-0.2, 0) is 11.8 Å². The van der Waals surface area contributed by atoms with E-state index in [0.29, 0.717) is 0 Å². The van der Waals surface area contributed by atoms with E-state index >= 15 is 0 Å². The van der Waals surface area contributed by atoms with Crippen LogP contribution in [0.2, 0.25) is 0 Å². The van der Waals surface area contributed by atoms with Crippen LogP contribution in [0.1, 0.15) is 0 Å². The van der Waals surface area contributed by atoms with Gasteiger partial charge in [0.25, 0.3) is 0 Å². The largest absolute Gasteiger partial charge is 0.272 e. The second kappa shape index (κ2) is 1.73. The fourth-order valence-corrected chi connectivity index (χ4v) is 0. The topological polar surface area (TPSA) is 52.0 Å². The minimum atomic E-state index is -1.04. The van der Waals surface area contributed by atoms with Crippen molar-refractivity contribution < 1.29 is 0 Å². The summed E-state index contributed by atoms with van der Waals surface area (Å²) in [7, 11) is 0. The Hall–Kier alpha value is 0.440. The van der Waals surface area contributed by atoms with E-state index in [4.69, 9.17) is 11.0 Å². The molecule has 25 valence electrons. The molecular weight excluding hydrogens is 91.1 g/mol. The van der Waals surface area contributed by atoms with Gasteiger partial charge in [-0.15, -0.1) is 0 Å². The van der Waals surface area contributed by atoms with Crippen molar-refractivity contribution in [2.24, 2.45) is 11.0 Å². The van der Waals surface area contributed by atoms with Gasteiger partial charge in [0.05, 0.1) is 7.00 Å². The molecule has 0 amide bonds. The number of rotatable bonds is 0. The molecule has 0 aromatic heterocycles. The minimum Gasteiger partial charge on any atom is -0.272 e. The van der Waals surface area contributed by atoms with Crippen molar-refractivity contribution in [2.75, 3.05) is 0 Å². The predicted molar refractivity (Wildman–Crippen MR) is 22.7 cm³/mol. The van der Waals surface area contributed by atoms with E-state index < -0.39 is 7.00 Å². The van der Waals surface area contributed by atoms with Crippen LogP contribution < -0.4 is 11.0 Å². The van der Waals surface area contributed by atoms with E-state index in [1.165, 1.54) is 0 Å². The van der Waals surface area contributed by atoms with Crippen LogP contribution in [0.25, 0.3) is 0 Å². The fraction of sp³-hybridized carbons (Fsp3) is 0. The van der Waals surface area contributed by atoms with Gasteiger partial charge in [-0.05, 0) is 11.8 Å². The van der Waals surface area contributed by atoms with Gasteiger partial charge in [0.15, 0.2) is 0 Å². The van der Waals surface area contributed by atoms with Crippen molar-refractivity contribution in [2.45, 2.75) is 0 Å². The monoisotopic (exact) mass is 95.0 g/mol. The summed E-state index contributed by atoms with van der Waals surface area (Å²) in [6.07, 6.45) is 0. The van der Waals surface area contributed by atoms with Crippen LogP contribution in [0.4, 0.5) is 0 Å². The zero-order chi connectivity index (χ0) is 3.58. The van der Waals surface area contributed by atoms with Gasteiger partial charge in [-0.3, -0.25) is 11.0 Å². The minimum absolute atomic E-state index is 1.04. The molecule has 0 aromatic carbocycles. The van der Waals surface area contributed by atoms with Gasteiger partial charge in [0.1, 0.15) is 0 Å². The molecule has 0 spiro atoms. The Morgan fingerprint density at radius 3 is 1.50 bits per heavy atom. The Bertz CT molecular complexity index is 29.0. The average Bonchev–Trinajstić information content (AvgIpc) is 0.811. The number of hydrogen-bond acceptors (Lipinski definition) is 1. The molecule has 1 radical (unpaired) electrons. The first kappa shape index (κ1) is 4.44. The van der Waals surface area contributed by atoms with E-state index in [9.17, 15) is 0 Å². The second-order valence-corrected chi connectivity index (χ2v) is 2.34. The van der Waals surface area contributed by atoms with E-state index in [2.05, 4.69) is 11.8 Å². The Kier molecular flexibility index (Phi) is 1.92. The molecule has 0 bridgehead atoms. The van der Waals surface area contributed by atoms with E-state index in [1.54, 1.807) is 0 Å². The molecule has 0 aliphatic rings. The van der Waals surface area contributed by atoms with Crippen molar-refractivity contribution in [3.63, 3.8) is 0 Å². The van der Waals surface area contributed by atoms with Crippen LogP contribution >= 0.6 is 7.00 Å². The second-order valence-electron chi connectivity index (χ2n) is 0.360.